The van der Waals surface area contributed by atoms with E-state index in [0.717, 1.165) is 0 Å². The van der Waals surface area contributed by atoms with E-state index in [2.05, 4.69) is 10.3 Å². The van der Waals surface area contributed by atoms with Gasteiger partial charge in [-0.3, -0.25) is 0 Å². The molecule has 0 amide bonds. The van der Waals surface area contributed by atoms with Crippen LogP contribution in [0.5, 0.6) is 0 Å². The summed E-state index contributed by atoms with van der Waals surface area (Å²) in [6.45, 7) is 0.255. The molecule has 1 atom stereocenters. The lowest BCUT2D eigenvalue weighted by atomic mass is 9.97. The molecule has 5 nitrogen and oxygen atoms in total. The van der Waals surface area contributed by atoms with Crippen molar-refractivity contribution in [2.24, 2.45) is 7.05 Å². The van der Waals surface area contributed by atoms with Gasteiger partial charge in [0.15, 0.2) is 0 Å². The monoisotopic (exact) mass is 303 g/mol. The standard InChI is InChI=1S/C13H16F3N3O2/c1-19-7-6-18-11(19)12(20,13(14,15)16)4-5-17-9-10-3-2-8-21-10/h2-3,6-8,17,20H,4-5,9H2,1H3/t12-/m0/s1. The van der Waals surface area contributed by atoms with E-state index in [9.17, 15) is 18.3 Å². The van der Waals surface area contributed by atoms with Crippen molar-refractivity contribution in [1.82, 2.24) is 14.9 Å². The predicted molar refractivity (Wildman–Crippen MR) is 68.2 cm³/mol. The van der Waals surface area contributed by atoms with Gasteiger partial charge in [-0.05, 0) is 18.7 Å². The zero-order valence-corrected chi connectivity index (χ0v) is 11.4. The van der Waals surface area contributed by atoms with Gasteiger partial charge in [-0.25, -0.2) is 4.98 Å². The number of rotatable bonds is 6. The summed E-state index contributed by atoms with van der Waals surface area (Å²) in [4.78, 5) is 3.63. The van der Waals surface area contributed by atoms with Crippen molar-refractivity contribution >= 4 is 0 Å². The second-order valence-corrected chi connectivity index (χ2v) is 4.73. The maximum absolute atomic E-state index is 13.2. The number of imidazole rings is 1. The molecule has 0 aliphatic heterocycles. The maximum Gasteiger partial charge on any atom is 0.424 e. The minimum absolute atomic E-state index is 0.0381. The highest BCUT2D eigenvalue weighted by atomic mass is 19.4. The van der Waals surface area contributed by atoms with Crippen LogP contribution in [0.25, 0.3) is 0 Å². The zero-order valence-electron chi connectivity index (χ0n) is 11.4. The van der Waals surface area contributed by atoms with Crippen LogP contribution in [0.15, 0.2) is 35.2 Å². The SMILES string of the molecule is Cn1ccnc1[C@@](O)(CCNCc1ccco1)C(F)(F)F. The van der Waals surface area contributed by atoms with Gasteiger partial charge in [0.05, 0.1) is 12.8 Å². The third-order valence-corrected chi connectivity index (χ3v) is 3.20. The third-order valence-electron chi connectivity index (χ3n) is 3.20. The molecule has 0 aliphatic carbocycles. The number of halogens is 3. The molecule has 2 heterocycles. The zero-order chi connectivity index (χ0) is 15.5. The Balaban J connectivity index is 2.02. The molecular weight excluding hydrogens is 287 g/mol. The van der Waals surface area contributed by atoms with Gasteiger partial charge in [0.25, 0.3) is 0 Å². The summed E-state index contributed by atoms with van der Waals surface area (Å²) < 4.78 is 45.8. The quantitative estimate of drug-likeness (QED) is 0.801. The summed E-state index contributed by atoms with van der Waals surface area (Å²) in [5.41, 5.74) is -2.98. The van der Waals surface area contributed by atoms with Gasteiger partial charge in [-0.1, -0.05) is 0 Å². The molecule has 0 saturated heterocycles. The lowest BCUT2D eigenvalue weighted by molar-refractivity contribution is -0.272. The lowest BCUT2D eigenvalue weighted by Gasteiger charge is -2.30. The van der Waals surface area contributed by atoms with Crippen molar-refractivity contribution in [3.05, 3.63) is 42.4 Å². The summed E-state index contributed by atoms with van der Waals surface area (Å²) in [5, 5.41) is 12.9. The average Bonchev–Trinajstić information content (AvgIpc) is 3.04. The molecule has 21 heavy (non-hydrogen) atoms. The summed E-state index contributed by atoms with van der Waals surface area (Å²) in [6.07, 6.45) is -1.28. The average molecular weight is 303 g/mol. The number of nitrogens with zero attached hydrogens (tertiary/aromatic N) is 2. The van der Waals surface area contributed by atoms with Crippen molar-refractivity contribution in [3.8, 4) is 0 Å². The Kier molecular flexibility index (Phi) is 4.38. The molecule has 8 heteroatoms. The van der Waals surface area contributed by atoms with Crippen molar-refractivity contribution < 1.29 is 22.7 Å². The fraction of sp³-hybridized carbons (Fsp3) is 0.462. The summed E-state index contributed by atoms with van der Waals surface area (Å²) in [7, 11) is 1.41. The topological polar surface area (TPSA) is 63.2 Å². The number of alkyl halides is 3. The molecule has 0 aromatic carbocycles. The van der Waals surface area contributed by atoms with Crippen LogP contribution < -0.4 is 5.32 Å². The van der Waals surface area contributed by atoms with Crippen molar-refractivity contribution in [2.45, 2.75) is 24.7 Å². The molecule has 2 rings (SSSR count). The van der Waals surface area contributed by atoms with E-state index in [1.807, 2.05) is 0 Å². The van der Waals surface area contributed by atoms with E-state index in [0.29, 0.717) is 12.3 Å². The highest BCUT2D eigenvalue weighted by Gasteiger charge is 2.56. The largest absolute Gasteiger partial charge is 0.468 e. The Morgan fingerprint density at radius 3 is 2.71 bits per heavy atom. The Morgan fingerprint density at radius 2 is 2.19 bits per heavy atom. The van der Waals surface area contributed by atoms with Crippen LogP contribution in [0.3, 0.4) is 0 Å². The van der Waals surface area contributed by atoms with Gasteiger partial charge in [0, 0.05) is 25.9 Å². The summed E-state index contributed by atoms with van der Waals surface area (Å²) in [6, 6.07) is 3.40. The van der Waals surface area contributed by atoms with Gasteiger partial charge < -0.3 is 19.4 Å². The third kappa shape index (κ3) is 3.27. The maximum atomic E-state index is 13.2. The van der Waals surface area contributed by atoms with E-state index in [1.165, 1.54) is 30.3 Å². The van der Waals surface area contributed by atoms with Crippen LogP contribution in [0, 0.1) is 0 Å². The van der Waals surface area contributed by atoms with Crippen LogP contribution in [-0.2, 0) is 19.2 Å². The molecule has 116 valence electrons. The van der Waals surface area contributed by atoms with Crippen LogP contribution in [0.1, 0.15) is 18.0 Å². The Morgan fingerprint density at radius 1 is 1.43 bits per heavy atom. The first-order valence-corrected chi connectivity index (χ1v) is 6.34. The van der Waals surface area contributed by atoms with Crippen LogP contribution in [-0.4, -0.2) is 27.4 Å². The number of furan rings is 1. The van der Waals surface area contributed by atoms with E-state index >= 15 is 0 Å². The van der Waals surface area contributed by atoms with Crippen molar-refractivity contribution in [1.29, 1.82) is 0 Å². The van der Waals surface area contributed by atoms with Gasteiger partial charge in [-0.2, -0.15) is 13.2 Å². The molecule has 2 N–H and O–H groups in total. The first kappa shape index (κ1) is 15.6. The van der Waals surface area contributed by atoms with Gasteiger partial charge in [-0.15, -0.1) is 0 Å². The summed E-state index contributed by atoms with van der Waals surface area (Å²) in [5.74, 6) is 0.192. The molecular formula is C13H16F3N3O2. The van der Waals surface area contributed by atoms with Gasteiger partial charge in [0.1, 0.15) is 11.6 Å². The first-order chi connectivity index (χ1) is 9.84. The minimum atomic E-state index is -4.81. The molecule has 0 aliphatic rings. The van der Waals surface area contributed by atoms with Gasteiger partial charge >= 0.3 is 6.18 Å². The van der Waals surface area contributed by atoms with Gasteiger partial charge in [0.2, 0.25) is 5.60 Å². The molecule has 2 aromatic rings. The van der Waals surface area contributed by atoms with Crippen LogP contribution in [0.2, 0.25) is 0 Å². The number of aryl methyl sites for hydroxylation is 1. The molecule has 2 aromatic heterocycles. The molecule has 0 fully saturated rings. The lowest BCUT2D eigenvalue weighted by Crippen LogP contribution is -2.46. The summed E-state index contributed by atoms with van der Waals surface area (Å²) >= 11 is 0. The minimum Gasteiger partial charge on any atom is -0.468 e. The molecule has 0 spiro atoms. The fourth-order valence-corrected chi connectivity index (χ4v) is 2.04. The number of aromatic nitrogens is 2. The van der Waals surface area contributed by atoms with E-state index in [4.69, 9.17) is 4.42 Å². The number of aliphatic hydroxyl groups is 1. The number of nitrogens with one attached hydrogen (secondary N) is 1. The van der Waals surface area contributed by atoms with Crippen molar-refractivity contribution in [3.63, 3.8) is 0 Å². The smallest absolute Gasteiger partial charge is 0.424 e. The van der Waals surface area contributed by atoms with E-state index < -0.39 is 24.0 Å². The van der Waals surface area contributed by atoms with Crippen molar-refractivity contribution in [2.75, 3.05) is 6.54 Å². The van der Waals surface area contributed by atoms with Crippen LogP contribution >= 0.6 is 0 Å². The molecule has 0 unspecified atom stereocenters. The van der Waals surface area contributed by atoms with E-state index in [1.54, 1.807) is 12.1 Å². The Bertz CT molecular complexity index is 565. The van der Waals surface area contributed by atoms with E-state index in [-0.39, 0.29) is 6.54 Å². The highest BCUT2D eigenvalue weighted by molar-refractivity contribution is 5.08. The highest BCUT2D eigenvalue weighted by Crippen LogP contribution is 2.40. The fourth-order valence-electron chi connectivity index (χ4n) is 2.04. The predicted octanol–water partition coefficient (Wildman–Crippen LogP) is 1.94. The molecule has 0 radical (unpaired) electrons. The van der Waals surface area contributed by atoms with Crippen LogP contribution in [0.4, 0.5) is 13.2 Å². The second kappa shape index (κ2) is 5.90. The number of hydrogen-bond acceptors (Lipinski definition) is 4. The number of hydrogen-bond donors (Lipinski definition) is 2. The first-order valence-electron chi connectivity index (χ1n) is 6.34. The second-order valence-electron chi connectivity index (χ2n) is 4.73. The Labute approximate surface area is 119 Å². The molecule has 0 bridgehead atoms. The normalized spacial score (nSPS) is 15.1. The Hall–Kier alpha value is -1.80. The molecule has 0 saturated carbocycles.